The summed E-state index contributed by atoms with van der Waals surface area (Å²) in [4.78, 5) is 2.37. The van der Waals surface area contributed by atoms with Gasteiger partial charge in [0.1, 0.15) is 5.82 Å². The molecule has 0 N–H and O–H groups in total. The molecule has 3 heteroatoms. The molecular formula is C15H21ClFN. The highest BCUT2D eigenvalue weighted by Crippen LogP contribution is 2.27. The van der Waals surface area contributed by atoms with Crippen LogP contribution < -0.4 is 4.90 Å². The molecule has 1 atom stereocenters. The van der Waals surface area contributed by atoms with Crippen LogP contribution in [0.5, 0.6) is 0 Å². The van der Waals surface area contributed by atoms with Crippen LogP contribution in [-0.2, 0) is 5.88 Å². The monoisotopic (exact) mass is 269 g/mol. The first-order valence-electron chi connectivity index (χ1n) is 6.86. The van der Waals surface area contributed by atoms with Crippen molar-refractivity contribution >= 4 is 17.3 Å². The summed E-state index contributed by atoms with van der Waals surface area (Å²) in [5.41, 5.74) is 1.87. The van der Waals surface area contributed by atoms with Crippen LogP contribution in [-0.4, -0.2) is 12.6 Å². The van der Waals surface area contributed by atoms with E-state index >= 15 is 0 Å². The molecule has 0 spiro atoms. The Bertz CT molecular complexity index is 394. The topological polar surface area (TPSA) is 3.24 Å². The van der Waals surface area contributed by atoms with Crippen molar-refractivity contribution in [1.29, 1.82) is 0 Å². The average molecular weight is 270 g/mol. The summed E-state index contributed by atoms with van der Waals surface area (Å²) in [5.74, 6) is 0.192. The number of nitrogens with zero attached hydrogens (tertiary/aromatic N) is 1. The van der Waals surface area contributed by atoms with E-state index in [1.807, 2.05) is 6.07 Å². The lowest BCUT2D eigenvalue weighted by Crippen LogP contribution is -2.34. The molecule has 1 heterocycles. The van der Waals surface area contributed by atoms with Crippen LogP contribution in [0.15, 0.2) is 18.2 Å². The molecule has 2 rings (SSSR count). The van der Waals surface area contributed by atoms with Gasteiger partial charge in [-0.05, 0) is 43.0 Å². The van der Waals surface area contributed by atoms with Crippen LogP contribution in [0.4, 0.5) is 10.1 Å². The fourth-order valence-electron chi connectivity index (χ4n) is 2.82. The van der Waals surface area contributed by atoms with Crippen molar-refractivity contribution in [3.05, 3.63) is 29.6 Å². The molecule has 1 aromatic rings. The quantitative estimate of drug-likeness (QED) is 0.718. The highest BCUT2D eigenvalue weighted by molar-refractivity contribution is 6.17. The molecule has 1 aliphatic rings. The predicted molar refractivity (Wildman–Crippen MR) is 75.9 cm³/mol. The fraction of sp³-hybridized carbons (Fsp3) is 0.600. The standard InChI is InChI=1S/C15H21ClFN/c1-2-14-6-4-3-5-7-18(14)15-9-12(11-16)8-13(17)10-15/h8-10,14H,2-7,11H2,1H3. The number of anilines is 1. The van der Waals surface area contributed by atoms with Gasteiger partial charge in [-0.15, -0.1) is 11.6 Å². The molecule has 100 valence electrons. The first kappa shape index (κ1) is 13.7. The van der Waals surface area contributed by atoms with Crippen LogP contribution in [0.25, 0.3) is 0 Å². The molecule has 0 saturated carbocycles. The number of hydrogen-bond donors (Lipinski definition) is 0. The van der Waals surface area contributed by atoms with Crippen molar-refractivity contribution in [2.45, 2.75) is 50.9 Å². The molecule has 0 aromatic heterocycles. The maximum Gasteiger partial charge on any atom is 0.125 e. The Morgan fingerprint density at radius 1 is 1.28 bits per heavy atom. The summed E-state index contributed by atoms with van der Waals surface area (Å²) in [6.07, 6.45) is 6.09. The number of hydrogen-bond acceptors (Lipinski definition) is 1. The molecule has 1 aromatic carbocycles. The fourth-order valence-corrected chi connectivity index (χ4v) is 2.97. The summed E-state index contributed by atoms with van der Waals surface area (Å²) in [5, 5.41) is 0. The largest absolute Gasteiger partial charge is 0.368 e. The van der Waals surface area contributed by atoms with Crippen molar-refractivity contribution in [1.82, 2.24) is 0 Å². The van der Waals surface area contributed by atoms with E-state index in [2.05, 4.69) is 11.8 Å². The van der Waals surface area contributed by atoms with Crippen molar-refractivity contribution in [2.75, 3.05) is 11.4 Å². The summed E-state index contributed by atoms with van der Waals surface area (Å²) in [6.45, 7) is 3.24. The summed E-state index contributed by atoms with van der Waals surface area (Å²) >= 11 is 5.83. The summed E-state index contributed by atoms with van der Waals surface area (Å²) in [7, 11) is 0. The van der Waals surface area contributed by atoms with Gasteiger partial charge in [0, 0.05) is 24.2 Å². The Labute approximate surface area is 114 Å². The van der Waals surface area contributed by atoms with Crippen molar-refractivity contribution in [3.63, 3.8) is 0 Å². The van der Waals surface area contributed by atoms with E-state index in [1.165, 1.54) is 31.7 Å². The SMILES string of the molecule is CCC1CCCCCN1c1cc(F)cc(CCl)c1. The van der Waals surface area contributed by atoms with E-state index in [1.54, 1.807) is 6.07 Å². The molecule has 0 amide bonds. The van der Waals surface area contributed by atoms with E-state index in [0.29, 0.717) is 11.9 Å². The number of benzene rings is 1. The maximum atomic E-state index is 13.6. The van der Waals surface area contributed by atoms with Gasteiger partial charge in [-0.1, -0.05) is 19.8 Å². The lowest BCUT2D eigenvalue weighted by molar-refractivity contribution is 0.553. The van der Waals surface area contributed by atoms with E-state index in [4.69, 9.17) is 11.6 Å². The molecule has 1 nitrogen and oxygen atoms in total. The van der Waals surface area contributed by atoms with Gasteiger partial charge in [-0.25, -0.2) is 4.39 Å². The highest BCUT2D eigenvalue weighted by atomic mass is 35.5. The maximum absolute atomic E-state index is 13.6. The second-order valence-corrected chi connectivity index (χ2v) is 5.32. The number of rotatable bonds is 3. The van der Waals surface area contributed by atoms with Gasteiger partial charge in [0.15, 0.2) is 0 Å². The van der Waals surface area contributed by atoms with Crippen LogP contribution >= 0.6 is 11.6 Å². The van der Waals surface area contributed by atoms with Gasteiger partial charge in [0.25, 0.3) is 0 Å². The van der Waals surface area contributed by atoms with E-state index in [9.17, 15) is 4.39 Å². The lowest BCUT2D eigenvalue weighted by atomic mass is 10.1. The van der Waals surface area contributed by atoms with Gasteiger partial charge >= 0.3 is 0 Å². The second kappa shape index (κ2) is 6.42. The molecule has 0 aliphatic carbocycles. The zero-order chi connectivity index (χ0) is 13.0. The highest BCUT2D eigenvalue weighted by Gasteiger charge is 2.20. The zero-order valence-electron chi connectivity index (χ0n) is 11.0. The Hall–Kier alpha value is -0.760. The minimum absolute atomic E-state index is 0.178. The Kier molecular flexibility index (Phi) is 4.87. The third kappa shape index (κ3) is 3.17. The predicted octanol–water partition coefficient (Wildman–Crippen LogP) is 4.72. The molecule has 1 saturated heterocycles. The van der Waals surface area contributed by atoms with Crippen molar-refractivity contribution < 1.29 is 4.39 Å². The van der Waals surface area contributed by atoms with E-state index in [0.717, 1.165) is 24.2 Å². The molecule has 1 unspecified atom stereocenters. The van der Waals surface area contributed by atoms with Gasteiger partial charge in [-0.2, -0.15) is 0 Å². The molecular weight excluding hydrogens is 249 g/mol. The van der Waals surface area contributed by atoms with Gasteiger partial charge in [0.05, 0.1) is 0 Å². The first-order valence-corrected chi connectivity index (χ1v) is 7.40. The Balaban J connectivity index is 2.29. The normalized spacial score (nSPS) is 20.8. The number of alkyl halides is 1. The third-order valence-electron chi connectivity index (χ3n) is 3.78. The minimum atomic E-state index is -0.178. The molecule has 0 radical (unpaired) electrons. The van der Waals surface area contributed by atoms with E-state index < -0.39 is 0 Å². The zero-order valence-corrected chi connectivity index (χ0v) is 11.7. The smallest absolute Gasteiger partial charge is 0.125 e. The van der Waals surface area contributed by atoms with Crippen LogP contribution in [0.2, 0.25) is 0 Å². The van der Waals surface area contributed by atoms with Crippen molar-refractivity contribution in [3.8, 4) is 0 Å². The molecule has 0 bridgehead atoms. The molecule has 18 heavy (non-hydrogen) atoms. The lowest BCUT2D eigenvalue weighted by Gasteiger charge is -2.31. The van der Waals surface area contributed by atoms with Gasteiger partial charge in [-0.3, -0.25) is 0 Å². The third-order valence-corrected chi connectivity index (χ3v) is 4.09. The van der Waals surface area contributed by atoms with Crippen LogP contribution in [0, 0.1) is 5.82 Å². The average Bonchev–Trinajstić information content (AvgIpc) is 2.62. The van der Waals surface area contributed by atoms with E-state index in [-0.39, 0.29) is 5.82 Å². The van der Waals surface area contributed by atoms with Crippen LogP contribution in [0.1, 0.15) is 44.6 Å². The molecule has 1 fully saturated rings. The summed E-state index contributed by atoms with van der Waals surface area (Å²) < 4.78 is 13.6. The van der Waals surface area contributed by atoms with Crippen molar-refractivity contribution in [2.24, 2.45) is 0 Å². The minimum Gasteiger partial charge on any atom is -0.368 e. The van der Waals surface area contributed by atoms with Gasteiger partial charge < -0.3 is 4.90 Å². The van der Waals surface area contributed by atoms with Gasteiger partial charge in [0.2, 0.25) is 0 Å². The molecule has 1 aliphatic heterocycles. The Morgan fingerprint density at radius 3 is 2.83 bits per heavy atom. The second-order valence-electron chi connectivity index (χ2n) is 5.06. The summed E-state index contributed by atoms with van der Waals surface area (Å²) in [6, 6.07) is 5.74. The number of halogens is 2. The Morgan fingerprint density at radius 2 is 2.11 bits per heavy atom. The first-order chi connectivity index (χ1) is 8.74. The van der Waals surface area contributed by atoms with Crippen LogP contribution in [0.3, 0.4) is 0 Å².